The summed E-state index contributed by atoms with van der Waals surface area (Å²) in [5.74, 6) is 1.08. The summed E-state index contributed by atoms with van der Waals surface area (Å²) in [6, 6.07) is 4.39. The Bertz CT molecular complexity index is 521. The third kappa shape index (κ3) is 2.91. The highest BCUT2D eigenvalue weighted by Crippen LogP contribution is 2.21. The quantitative estimate of drug-likeness (QED) is 0.801. The maximum absolute atomic E-state index is 11.8. The van der Waals surface area contributed by atoms with Gasteiger partial charge in [0, 0.05) is 37.2 Å². The van der Waals surface area contributed by atoms with Gasteiger partial charge in [-0.05, 0) is 12.1 Å². The Morgan fingerprint density at radius 1 is 1.63 bits per heavy atom. The molecule has 5 heteroatoms. The van der Waals surface area contributed by atoms with Gasteiger partial charge in [-0.15, -0.1) is 12.3 Å². The molecule has 1 aromatic rings. The summed E-state index contributed by atoms with van der Waals surface area (Å²) in [5.41, 5.74) is 0.645. The second-order valence-corrected chi connectivity index (χ2v) is 4.49. The van der Waals surface area contributed by atoms with E-state index in [0.29, 0.717) is 12.2 Å². The first-order valence-corrected chi connectivity index (χ1v) is 6.00. The van der Waals surface area contributed by atoms with Crippen molar-refractivity contribution in [1.29, 1.82) is 0 Å². The molecule has 0 bridgehead atoms. The zero-order valence-electron chi connectivity index (χ0n) is 10.3. The molecule has 1 fully saturated rings. The summed E-state index contributed by atoms with van der Waals surface area (Å²) in [6.45, 7) is 0.305. The molecular formula is C14H14N2O3. The van der Waals surface area contributed by atoms with Gasteiger partial charge in [-0.25, -0.2) is 4.79 Å². The molecule has 2 atom stereocenters. The molecule has 98 valence electrons. The lowest BCUT2D eigenvalue weighted by Crippen LogP contribution is -2.43. The van der Waals surface area contributed by atoms with Crippen LogP contribution in [0.2, 0.25) is 0 Å². The molecule has 1 aromatic heterocycles. The van der Waals surface area contributed by atoms with Crippen LogP contribution in [-0.4, -0.2) is 39.5 Å². The maximum Gasteiger partial charge on any atom is 0.326 e. The lowest BCUT2D eigenvalue weighted by atomic mass is 10.1. The van der Waals surface area contributed by atoms with Crippen molar-refractivity contribution in [3.05, 3.63) is 30.1 Å². The second kappa shape index (κ2) is 5.53. The number of carbonyl (C=O) groups excluding carboxylic acids is 1. The Labute approximate surface area is 111 Å². The molecule has 1 amide bonds. The van der Waals surface area contributed by atoms with Crippen LogP contribution in [0, 0.1) is 18.3 Å². The van der Waals surface area contributed by atoms with Gasteiger partial charge in [0.25, 0.3) is 0 Å². The number of pyridine rings is 1. The van der Waals surface area contributed by atoms with E-state index >= 15 is 0 Å². The van der Waals surface area contributed by atoms with Crippen molar-refractivity contribution in [2.75, 3.05) is 6.54 Å². The van der Waals surface area contributed by atoms with Crippen LogP contribution < -0.4 is 0 Å². The molecule has 1 N–H and O–H groups in total. The summed E-state index contributed by atoms with van der Waals surface area (Å²) in [6.07, 6.45) is 7.32. The van der Waals surface area contributed by atoms with E-state index in [0.717, 1.165) is 0 Å². The fourth-order valence-electron chi connectivity index (χ4n) is 2.19. The number of carboxylic acids is 1. The van der Waals surface area contributed by atoms with Crippen molar-refractivity contribution in [1.82, 2.24) is 9.88 Å². The van der Waals surface area contributed by atoms with Gasteiger partial charge in [-0.2, -0.15) is 0 Å². The van der Waals surface area contributed by atoms with Gasteiger partial charge in [0.15, 0.2) is 0 Å². The topological polar surface area (TPSA) is 70.5 Å². The molecule has 1 aliphatic heterocycles. The minimum atomic E-state index is -1.03. The Hall–Kier alpha value is -2.35. The Morgan fingerprint density at radius 3 is 2.95 bits per heavy atom. The Morgan fingerprint density at radius 2 is 2.42 bits per heavy atom. The van der Waals surface area contributed by atoms with Crippen molar-refractivity contribution < 1.29 is 14.7 Å². The third-order valence-electron chi connectivity index (χ3n) is 3.18. The van der Waals surface area contributed by atoms with Crippen molar-refractivity contribution in [3.8, 4) is 12.3 Å². The van der Waals surface area contributed by atoms with E-state index in [-0.39, 0.29) is 24.7 Å². The molecule has 0 spiro atoms. The van der Waals surface area contributed by atoms with Gasteiger partial charge < -0.3 is 10.0 Å². The zero-order chi connectivity index (χ0) is 13.8. The van der Waals surface area contributed by atoms with Crippen LogP contribution >= 0.6 is 0 Å². The fourth-order valence-corrected chi connectivity index (χ4v) is 2.19. The number of likely N-dealkylation sites (tertiary alicyclic amines) is 1. The van der Waals surface area contributed by atoms with E-state index in [1.54, 1.807) is 24.4 Å². The van der Waals surface area contributed by atoms with Crippen molar-refractivity contribution in [3.63, 3.8) is 0 Å². The molecule has 2 heterocycles. The molecule has 1 unspecified atom stereocenters. The van der Waals surface area contributed by atoms with Gasteiger partial charge in [0.2, 0.25) is 5.91 Å². The number of rotatable bonds is 4. The number of aromatic nitrogens is 1. The maximum atomic E-state index is 11.8. The predicted octanol–water partition coefficient (Wildman–Crippen LogP) is 0.559. The van der Waals surface area contributed by atoms with Gasteiger partial charge in [0.05, 0.1) is 0 Å². The monoisotopic (exact) mass is 258 g/mol. The number of hydrogen-bond donors (Lipinski definition) is 1. The molecule has 0 radical (unpaired) electrons. The van der Waals surface area contributed by atoms with Crippen molar-refractivity contribution in [2.45, 2.75) is 18.9 Å². The molecule has 1 aliphatic rings. The molecule has 1 saturated heterocycles. The zero-order valence-corrected chi connectivity index (χ0v) is 10.3. The van der Waals surface area contributed by atoms with Crippen LogP contribution in [0.15, 0.2) is 24.4 Å². The lowest BCUT2D eigenvalue weighted by Gasteiger charge is -2.24. The lowest BCUT2D eigenvalue weighted by molar-refractivity contribution is -0.148. The number of nitrogens with zero attached hydrogens (tertiary/aromatic N) is 2. The smallest absolute Gasteiger partial charge is 0.326 e. The first kappa shape index (κ1) is 13.1. The Kier molecular flexibility index (Phi) is 3.81. The van der Waals surface area contributed by atoms with E-state index in [2.05, 4.69) is 10.9 Å². The predicted molar refractivity (Wildman–Crippen MR) is 68.0 cm³/mol. The number of carboxylic acid groups (broad SMARTS) is 1. The first-order valence-electron chi connectivity index (χ1n) is 6.00. The van der Waals surface area contributed by atoms with Crippen molar-refractivity contribution >= 4 is 11.9 Å². The summed E-state index contributed by atoms with van der Waals surface area (Å²) in [7, 11) is 0. The Balaban J connectivity index is 2.15. The summed E-state index contributed by atoms with van der Waals surface area (Å²) >= 11 is 0. The van der Waals surface area contributed by atoms with Crippen LogP contribution in [0.1, 0.15) is 12.1 Å². The van der Waals surface area contributed by atoms with Crippen molar-refractivity contribution in [2.24, 2.45) is 5.92 Å². The number of hydrogen-bond acceptors (Lipinski definition) is 3. The normalized spacial score (nSPS) is 20.1. The third-order valence-corrected chi connectivity index (χ3v) is 3.18. The molecule has 5 nitrogen and oxygen atoms in total. The summed E-state index contributed by atoms with van der Waals surface area (Å²) in [5, 5.41) is 9.30. The van der Waals surface area contributed by atoms with Crippen LogP contribution in [0.3, 0.4) is 0 Å². The van der Waals surface area contributed by atoms with Gasteiger partial charge in [-0.3, -0.25) is 9.78 Å². The summed E-state index contributed by atoms with van der Waals surface area (Å²) in [4.78, 5) is 28.6. The van der Waals surface area contributed by atoms with E-state index in [4.69, 9.17) is 6.42 Å². The first-order chi connectivity index (χ1) is 9.11. The second-order valence-electron chi connectivity index (χ2n) is 4.49. The van der Waals surface area contributed by atoms with E-state index < -0.39 is 12.0 Å². The average Bonchev–Trinajstić information content (AvgIpc) is 2.78. The fraction of sp³-hybridized carbons (Fsp3) is 0.357. The molecule has 0 aromatic carbocycles. The minimum absolute atomic E-state index is 0.194. The summed E-state index contributed by atoms with van der Waals surface area (Å²) < 4.78 is 0. The molecule has 0 aliphatic carbocycles. The van der Waals surface area contributed by atoms with Crippen LogP contribution in [0.25, 0.3) is 0 Å². The average molecular weight is 258 g/mol. The van der Waals surface area contributed by atoms with E-state index in [1.807, 2.05) is 0 Å². The number of carbonyl (C=O) groups is 2. The van der Waals surface area contributed by atoms with Crippen LogP contribution in [0.4, 0.5) is 0 Å². The molecular weight excluding hydrogens is 244 g/mol. The highest BCUT2D eigenvalue weighted by molar-refractivity contribution is 5.85. The standard InChI is InChI=1S/C14H14N2O3/c1-2-10-7-13(17)16(9-10)12(14(18)19)8-11-5-3-4-6-15-11/h1,3-6,10,12H,7-9H2,(H,18,19)/t10?,12-/m0/s1. The molecule has 0 saturated carbocycles. The van der Waals surface area contributed by atoms with Gasteiger partial charge >= 0.3 is 5.97 Å². The van der Waals surface area contributed by atoms with E-state index in [9.17, 15) is 14.7 Å². The molecule has 19 heavy (non-hydrogen) atoms. The SMILES string of the molecule is C#CC1CC(=O)N([C@@H](Cc2ccccn2)C(=O)O)C1. The van der Waals surface area contributed by atoms with Gasteiger partial charge in [-0.1, -0.05) is 6.07 Å². The largest absolute Gasteiger partial charge is 0.480 e. The van der Waals surface area contributed by atoms with Crippen LogP contribution in [0.5, 0.6) is 0 Å². The highest BCUT2D eigenvalue weighted by Gasteiger charge is 2.37. The van der Waals surface area contributed by atoms with Crippen LogP contribution in [-0.2, 0) is 16.0 Å². The van der Waals surface area contributed by atoms with Gasteiger partial charge in [0.1, 0.15) is 6.04 Å². The van der Waals surface area contributed by atoms with E-state index in [1.165, 1.54) is 4.90 Å². The number of terminal acetylenes is 1. The number of aliphatic carboxylic acids is 1. The highest BCUT2D eigenvalue weighted by atomic mass is 16.4. The molecule has 2 rings (SSSR count). The number of amides is 1. The minimum Gasteiger partial charge on any atom is -0.480 e.